The minimum atomic E-state index is 0.334. The molecule has 2 aromatic rings. The smallest absolute Gasteiger partial charge is 0.225 e. The number of fused-ring (bicyclic) bond motifs is 1. The SMILES string of the molecule is CN1CCC(CN(C)c2nc(Cl)nc3sccc23)C1. The van der Waals surface area contributed by atoms with Crippen molar-refractivity contribution in [3.63, 3.8) is 0 Å². The monoisotopic (exact) mass is 296 g/mol. The molecule has 19 heavy (non-hydrogen) atoms. The van der Waals surface area contributed by atoms with Gasteiger partial charge in [0.2, 0.25) is 5.28 Å². The van der Waals surface area contributed by atoms with Gasteiger partial charge in [-0.1, -0.05) is 0 Å². The highest BCUT2D eigenvalue weighted by atomic mass is 35.5. The third kappa shape index (κ3) is 2.68. The Morgan fingerprint density at radius 3 is 3.11 bits per heavy atom. The van der Waals surface area contributed by atoms with Gasteiger partial charge in [-0.05, 0) is 49.0 Å². The normalized spacial score (nSPS) is 20.3. The van der Waals surface area contributed by atoms with Gasteiger partial charge in [-0.3, -0.25) is 0 Å². The van der Waals surface area contributed by atoms with Crippen molar-refractivity contribution in [2.45, 2.75) is 6.42 Å². The Balaban J connectivity index is 1.84. The largest absolute Gasteiger partial charge is 0.359 e. The first-order chi connectivity index (χ1) is 9.13. The van der Waals surface area contributed by atoms with Crippen LogP contribution in [0, 0.1) is 5.92 Å². The first-order valence-corrected chi connectivity index (χ1v) is 7.69. The predicted octanol–water partition coefficient (Wildman–Crippen LogP) is 2.73. The molecule has 1 saturated heterocycles. The van der Waals surface area contributed by atoms with Crippen LogP contribution in [0.25, 0.3) is 10.2 Å². The summed E-state index contributed by atoms with van der Waals surface area (Å²) in [6, 6.07) is 2.07. The Morgan fingerprint density at radius 1 is 1.53 bits per heavy atom. The number of thiophene rings is 1. The number of likely N-dealkylation sites (tertiary alicyclic amines) is 1. The summed E-state index contributed by atoms with van der Waals surface area (Å²) in [7, 11) is 4.27. The average Bonchev–Trinajstić information content (AvgIpc) is 2.96. The van der Waals surface area contributed by atoms with Crippen molar-refractivity contribution in [3.05, 3.63) is 16.7 Å². The molecule has 4 nitrogen and oxygen atoms in total. The fourth-order valence-electron chi connectivity index (χ4n) is 2.75. The number of hydrogen-bond acceptors (Lipinski definition) is 5. The summed E-state index contributed by atoms with van der Waals surface area (Å²) < 4.78 is 0. The topological polar surface area (TPSA) is 32.3 Å². The molecule has 1 fully saturated rings. The molecule has 102 valence electrons. The quantitative estimate of drug-likeness (QED) is 0.815. The first-order valence-electron chi connectivity index (χ1n) is 6.44. The van der Waals surface area contributed by atoms with E-state index in [1.54, 1.807) is 11.3 Å². The zero-order chi connectivity index (χ0) is 13.4. The van der Waals surface area contributed by atoms with Crippen LogP contribution in [-0.2, 0) is 0 Å². The molecule has 3 rings (SSSR count). The number of hydrogen-bond donors (Lipinski definition) is 0. The molecule has 1 unspecified atom stereocenters. The van der Waals surface area contributed by atoms with E-state index in [1.165, 1.54) is 13.0 Å². The second-order valence-corrected chi connectivity index (χ2v) is 6.49. The number of anilines is 1. The van der Waals surface area contributed by atoms with Crippen LogP contribution in [0.1, 0.15) is 6.42 Å². The van der Waals surface area contributed by atoms with Gasteiger partial charge in [0, 0.05) is 20.1 Å². The standard InChI is InChI=1S/C13H17ClN4S/c1-17-5-3-9(7-17)8-18(2)11-10-4-6-19-12(10)16-13(14)15-11/h4,6,9H,3,5,7-8H2,1-2H3. The molecule has 0 aliphatic carbocycles. The van der Waals surface area contributed by atoms with E-state index >= 15 is 0 Å². The van der Waals surface area contributed by atoms with Crippen molar-refractivity contribution in [1.82, 2.24) is 14.9 Å². The van der Waals surface area contributed by atoms with E-state index in [1.807, 2.05) is 5.38 Å². The molecule has 6 heteroatoms. The zero-order valence-electron chi connectivity index (χ0n) is 11.1. The summed E-state index contributed by atoms with van der Waals surface area (Å²) in [6.07, 6.45) is 1.26. The molecule has 1 aliphatic rings. The molecule has 2 aromatic heterocycles. The number of nitrogens with zero attached hydrogens (tertiary/aromatic N) is 4. The third-order valence-electron chi connectivity index (χ3n) is 3.66. The predicted molar refractivity (Wildman–Crippen MR) is 81.3 cm³/mol. The lowest BCUT2D eigenvalue weighted by atomic mass is 10.1. The summed E-state index contributed by atoms with van der Waals surface area (Å²) in [5.41, 5.74) is 0. The maximum atomic E-state index is 6.01. The van der Waals surface area contributed by atoms with Crippen LogP contribution < -0.4 is 4.90 Å². The maximum Gasteiger partial charge on any atom is 0.225 e. The van der Waals surface area contributed by atoms with Crippen LogP contribution in [0.5, 0.6) is 0 Å². The number of halogens is 1. The Kier molecular flexibility index (Phi) is 3.60. The van der Waals surface area contributed by atoms with Gasteiger partial charge < -0.3 is 9.80 Å². The maximum absolute atomic E-state index is 6.01. The Labute approximate surface area is 122 Å². The van der Waals surface area contributed by atoms with Crippen LogP contribution >= 0.6 is 22.9 Å². The lowest BCUT2D eigenvalue weighted by Gasteiger charge is -2.22. The van der Waals surface area contributed by atoms with Crippen LogP contribution in [0.4, 0.5) is 5.82 Å². The van der Waals surface area contributed by atoms with Gasteiger partial charge in [0.25, 0.3) is 0 Å². The van der Waals surface area contributed by atoms with Crippen molar-refractivity contribution in [3.8, 4) is 0 Å². The molecule has 0 saturated carbocycles. The van der Waals surface area contributed by atoms with Crippen molar-refractivity contribution < 1.29 is 0 Å². The van der Waals surface area contributed by atoms with Crippen molar-refractivity contribution in [1.29, 1.82) is 0 Å². The highest BCUT2D eigenvalue weighted by Gasteiger charge is 2.22. The molecule has 0 aromatic carbocycles. The third-order valence-corrected chi connectivity index (χ3v) is 4.64. The summed E-state index contributed by atoms with van der Waals surface area (Å²) in [5.74, 6) is 1.66. The number of aromatic nitrogens is 2. The summed E-state index contributed by atoms with van der Waals surface area (Å²) >= 11 is 7.62. The van der Waals surface area contributed by atoms with E-state index in [-0.39, 0.29) is 0 Å². The van der Waals surface area contributed by atoms with Gasteiger partial charge in [-0.2, -0.15) is 4.98 Å². The molecule has 0 amide bonds. The molecule has 3 heterocycles. The Bertz CT molecular complexity index is 585. The Morgan fingerprint density at radius 2 is 2.37 bits per heavy atom. The van der Waals surface area contributed by atoms with Crippen molar-refractivity contribution >= 4 is 39.0 Å². The summed E-state index contributed by atoms with van der Waals surface area (Å²) in [4.78, 5) is 14.2. The van der Waals surface area contributed by atoms with Crippen LogP contribution in [0.2, 0.25) is 5.28 Å². The van der Waals surface area contributed by atoms with E-state index in [2.05, 4.69) is 39.9 Å². The van der Waals surface area contributed by atoms with Gasteiger partial charge >= 0.3 is 0 Å². The van der Waals surface area contributed by atoms with E-state index < -0.39 is 0 Å². The molecule has 1 atom stereocenters. The number of rotatable bonds is 3. The molecule has 0 bridgehead atoms. The fourth-order valence-corrected chi connectivity index (χ4v) is 3.73. The highest BCUT2D eigenvalue weighted by Crippen LogP contribution is 2.29. The van der Waals surface area contributed by atoms with E-state index in [9.17, 15) is 0 Å². The lowest BCUT2D eigenvalue weighted by molar-refractivity contribution is 0.395. The minimum absolute atomic E-state index is 0.334. The summed E-state index contributed by atoms with van der Waals surface area (Å²) in [6.45, 7) is 3.37. The molecular weight excluding hydrogens is 280 g/mol. The molecule has 1 aliphatic heterocycles. The lowest BCUT2D eigenvalue weighted by Crippen LogP contribution is -2.28. The van der Waals surface area contributed by atoms with E-state index in [4.69, 9.17) is 11.6 Å². The molecule has 0 spiro atoms. The van der Waals surface area contributed by atoms with E-state index in [0.717, 1.165) is 29.1 Å². The van der Waals surface area contributed by atoms with E-state index in [0.29, 0.717) is 11.2 Å². The fraction of sp³-hybridized carbons (Fsp3) is 0.538. The first kappa shape index (κ1) is 13.1. The Hall–Kier alpha value is -0.910. The highest BCUT2D eigenvalue weighted by molar-refractivity contribution is 7.16. The second kappa shape index (κ2) is 5.23. The average molecular weight is 297 g/mol. The minimum Gasteiger partial charge on any atom is -0.359 e. The van der Waals surface area contributed by atoms with Crippen LogP contribution in [-0.4, -0.2) is 48.6 Å². The van der Waals surface area contributed by atoms with Gasteiger partial charge in [0.05, 0.1) is 5.39 Å². The van der Waals surface area contributed by atoms with Gasteiger partial charge in [0.1, 0.15) is 10.6 Å². The van der Waals surface area contributed by atoms with Crippen LogP contribution in [0.15, 0.2) is 11.4 Å². The van der Waals surface area contributed by atoms with Gasteiger partial charge in [0.15, 0.2) is 0 Å². The molecule has 0 radical (unpaired) electrons. The second-order valence-electron chi connectivity index (χ2n) is 5.25. The van der Waals surface area contributed by atoms with Gasteiger partial charge in [-0.15, -0.1) is 11.3 Å². The van der Waals surface area contributed by atoms with Crippen molar-refractivity contribution in [2.24, 2.45) is 5.92 Å². The molecule has 0 N–H and O–H groups in total. The van der Waals surface area contributed by atoms with Crippen LogP contribution in [0.3, 0.4) is 0 Å². The zero-order valence-corrected chi connectivity index (χ0v) is 12.7. The summed E-state index contributed by atoms with van der Waals surface area (Å²) in [5, 5.41) is 3.47. The molecular formula is C13H17ClN4S. The van der Waals surface area contributed by atoms with Gasteiger partial charge in [-0.25, -0.2) is 4.98 Å². The van der Waals surface area contributed by atoms with Crippen molar-refractivity contribution in [2.75, 3.05) is 38.6 Å².